The number of aromatic nitrogens is 3. The van der Waals surface area contributed by atoms with Crippen LogP contribution in [0, 0.1) is 0 Å². The second kappa shape index (κ2) is 11.5. The van der Waals surface area contributed by atoms with Crippen molar-refractivity contribution < 1.29 is 29.7 Å². The van der Waals surface area contributed by atoms with Crippen molar-refractivity contribution in [2.45, 2.75) is 0 Å². The minimum absolute atomic E-state index is 0.0377. The maximum atomic E-state index is 13.2. The largest absolute Gasteiger partial charge is 0.508 e. The number of aromatic amines is 1. The van der Waals surface area contributed by atoms with Crippen LogP contribution in [0.25, 0.3) is 17.3 Å². The molecule has 0 bridgehead atoms. The molecule has 5 N–H and O–H groups in total. The summed E-state index contributed by atoms with van der Waals surface area (Å²) in [4.78, 5) is 70.9. The SMILES string of the molecule is O=C1NC(=O)N(c2cccc(O)c2)C(=O)C1=CC=C(C=Cc1c(O)[nH]c(=O)n(-c2cccc(O)c2)c1=O)c1ccncc1. The number of pyridine rings is 1. The van der Waals surface area contributed by atoms with Crippen molar-refractivity contribution in [2.24, 2.45) is 0 Å². The molecule has 3 heterocycles. The van der Waals surface area contributed by atoms with Crippen LogP contribution in [-0.2, 0) is 9.59 Å². The Morgan fingerprint density at radius 1 is 0.837 bits per heavy atom. The minimum atomic E-state index is -0.993. The molecule has 1 saturated heterocycles. The Morgan fingerprint density at radius 2 is 1.49 bits per heavy atom. The van der Waals surface area contributed by atoms with E-state index in [4.69, 9.17) is 0 Å². The van der Waals surface area contributed by atoms with E-state index in [1.165, 1.54) is 85.2 Å². The first kappa shape index (κ1) is 28.0. The zero-order chi connectivity index (χ0) is 30.7. The molecule has 2 aromatic heterocycles. The van der Waals surface area contributed by atoms with Crippen LogP contribution >= 0.6 is 0 Å². The zero-order valence-corrected chi connectivity index (χ0v) is 22.0. The number of urea groups is 1. The van der Waals surface area contributed by atoms with Crippen molar-refractivity contribution in [3.8, 4) is 23.1 Å². The number of hydrogen-bond acceptors (Lipinski definition) is 9. The fourth-order valence-corrected chi connectivity index (χ4v) is 4.24. The first-order valence-electron chi connectivity index (χ1n) is 12.5. The van der Waals surface area contributed by atoms with Crippen molar-refractivity contribution in [3.63, 3.8) is 0 Å². The zero-order valence-electron chi connectivity index (χ0n) is 22.0. The first-order valence-corrected chi connectivity index (χ1v) is 12.5. The molecule has 214 valence electrons. The predicted molar refractivity (Wildman–Crippen MR) is 154 cm³/mol. The molecule has 43 heavy (non-hydrogen) atoms. The second-order valence-corrected chi connectivity index (χ2v) is 9.04. The lowest BCUT2D eigenvalue weighted by Crippen LogP contribution is -2.54. The number of hydrogen-bond donors (Lipinski definition) is 5. The van der Waals surface area contributed by atoms with Crippen LogP contribution < -0.4 is 21.5 Å². The van der Waals surface area contributed by atoms with Gasteiger partial charge in [-0.05, 0) is 59.7 Å². The summed E-state index contributed by atoms with van der Waals surface area (Å²) in [6, 6.07) is 13.0. The highest BCUT2D eigenvalue weighted by Gasteiger charge is 2.36. The van der Waals surface area contributed by atoms with Crippen molar-refractivity contribution in [1.29, 1.82) is 0 Å². The Hall–Kier alpha value is -6.50. The topological polar surface area (TPSA) is 195 Å². The number of aromatic hydroxyl groups is 3. The number of benzene rings is 2. The molecule has 4 aromatic rings. The van der Waals surface area contributed by atoms with Crippen LogP contribution in [-0.4, -0.2) is 47.7 Å². The summed E-state index contributed by atoms with van der Waals surface area (Å²) in [6.45, 7) is 0. The van der Waals surface area contributed by atoms with Crippen LogP contribution in [0.2, 0.25) is 0 Å². The number of nitrogens with zero attached hydrogens (tertiary/aromatic N) is 3. The third-order valence-corrected chi connectivity index (χ3v) is 6.27. The number of carbonyl (C=O) groups excluding carboxylic acids is 3. The third-order valence-electron chi connectivity index (χ3n) is 6.27. The summed E-state index contributed by atoms with van der Waals surface area (Å²) < 4.78 is 0.731. The van der Waals surface area contributed by atoms with E-state index >= 15 is 0 Å². The average Bonchev–Trinajstić information content (AvgIpc) is 2.96. The van der Waals surface area contributed by atoms with Gasteiger partial charge in [-0.15, -0.1) is 0 Å². The molecule has 4 amide bonds. The normalized spacial score (nSPS) is 14.9. The monoisotopic (exact) mass is 579 g/mol. The van der Waals surface area contributed by atoms with E-state index in [1.54, 1.807) is 12.1 Å². The van der Waals surface area contributed by atoms with E-state index in [0.717, 1.165) is 4.57 Å². The Bertz CT molecular complexity index is 1990. The Balaban J connectivity index is 1.58. The first-order chi connectivity index (χ1) is 20.6. The third kappa shape index (κ3) is 5.71. The highest BCUT2D eigenvalue weighted by atomic mass is 16.3. The molecular formula is C30H21N5O8. The van der Waals surface area contributed by atoms with E-state index in [0.29, 0.717) is 16.0 Å². The number of nitrogens with one attached hydrogen (secondary N) is 2. The maximum absolute atomic E-state index is 13.2. The van der Waals surface area contributed by atoms with E-state index in [1.807, 2.05) is 0 Å². The van der Waals surface area contributed by atoms with Gasteiger partial charge in [-0.25, -0.2) is 19.1 Å². The lowest BCUT2D eigenvalue weighted by molar-refractivity contribution is -0.122. The fraction of sp³-hybridized carbons (Fsp3) is 0. The quantitative estimate of drug-likeness (QED) is 0.129. The number of rotatable bonds is 6. The van der Waals surface area contributed by atoms with E-state index in [2.05, 4.69) is 15.3 Å². The van der Waals surface area contributed by atoms with Crippen molar-refractivity contribution >= 4 is 35.2 Å². The summed E-state index contributed by atoms with van der Waals surface area (Å²) >= 11 is 0. The molecular weight excluding hydrogens is 558 g/mol. The number of carbonyl (C=O) groups is 3. The molecule has 0 spiro atoms. The highest BCUT2D eigenvalue weighted by molar-refractivity contribution is 6.37. The number of imide groups is 2. The van der Waals surface area contributed by atoms with Gasteiger partial charge in [0.2, 0.25) is 5.88 Å². The van der Waals surface area contributed by atoms with Crippen molar-refractivity contribution in [2.75, 3.05) is 4.90 Å². The van der Waals surface area contributed by atoms with Gasteiger partial charge in [-0.2, -0.15) is 0 Å². The minimum Gasteiger partial charge on any atom is -0.508 e. The molecule has 0 unspecified atom stereocenters. The molecule has 1 aliphatic rings. The van der Waals surface area contributed by atoms with Gasteiger partial charge in [0.1, 0.15) is 22.6 Å². The molecule has 1 fully saturated rings. The van der Waals surface area contributed by atoms with Crippen LogP contribution in [0.15, 0.2) is 106 Å². The number of phenolic OH excluding ortho intramolecular Hbond substituents is 2. The fourth-order valence-electron chi connectivity index (χ4n) is 4.24. The Labute approximate surface area is 241 Å². The van der Waals surface area contributed by atoms with Gasteiger partial charge in [0.25, 0.3) is 17.4 Å². The summed E-state index contributed by atoms with van der Waals surface area (Å²) in [7, 11) is 0. The van der Waals surface area contributed by atoms with Crippen LogP contribution in [0.5, 0.6) is 17.4 Å². The number of H-pyrrole nitrogens is 1. The van der Waals surface area contributed by atoms with E-state index < -0.39 is 40.5 Å². The van der Waals surface area contributed by atoms with Crippen LogP contribution in [0.1, 0.15) is 11.1 Å². The standard InChI is InChI=1S/C30H21N5O8/c36-21-5-1-3-19(15-21)34-27(40)23(25(38)32-29(34)42)9-7-17(18-11-13-31-14-12-18)8-10-24-26(39)33-30(43)35(28(24)41)20-4-2-6-22(37)16-20/h1-16,36-38H,(H,32,42)(H,33,39,43). The molecule has 2 aromatic carbocycles. The van der Waals surface area contributed by atoms with Gasteiger partial charge in [0, 0.05) is 24.5 Å². The molecule has 0 aliphatic carbocycles. The lowest BCUT2D eigenvalue weighted by Gasteiger charge is -2.26. The van der Waals surface area contributed by atoms with Gasteiger partial charge in [-0.3, -0.25) is 29.7 Å². The van der Waals surface area contributed by atoms with Gasteiger partial charge < -0.3 is 15.3 Å². The van der Waals surface area contributed by atoms with Gasteiger partial charge >= 0.3 is 11.7 Å². The highest BCUT2D eigenvalue weighted by Crippen LogP contribution is 2.25. The molecule has 1 aliphatic heterocycles. The van der Waals surface area contributed by atoms with Crippen molar-refractivity contribution in [3.05, 3.63) is 129 Å². The smallest absolute Gasteiger partial charge is 0.335 e. The summed E-state index contributed by atoms with van der Waals surface area (Å²) in [5, 5.41) is 32.1. The predicted octanol–water partition coefficient (Wildman–Crippen LogP) is 2.34. The summed E-state index contributed by atoms with van der Waals surface area (Å²) in [5.41, 5.74) is -1.57. The van der Waals surface area contributed by atoms with E-state index in [-0.39, 0.29) is 28.4 Å². The number of phenols is 2. The molecule has 0 saturated carbocycles. The molecule has 0 atom stereocenters. The number of allylic oxidation sites excluding steroid dienone is 4. The number of barbiturate groups is 1. The van der Waals surface area contributed by atoms with Gasteiger partial charge in [0.05, 0.1) is 11.4 Å². The summed E-state index contributed by atoms with van der Waals surface area (Å²) in [6.07, 6.45) is 8.15. The van der Waals surface area contributed by atoms with Gasteiger partial charge in [0.15, 0.2) is 0 Å². The molecule has 13 nitrogen and oxygen atoms in total. The average molecular weight is 580 g/mol. The van der Waals surface area contributed by atoms with Gasteiger partial charge in [-0.1, -0.05) is 24.3 Å². The Kier molecular flexibility index (Phi) is 7.53. The number of anilines is 1. The van der Waals surface area contributed by atoms with Crippen LogP contribution in [0.4, 0.5) is 10.5 Å². The Morgan fingerprint density at radius 3 is 2.16 bits per heavy atom. The second-order valence-electron chi connectivity index (χ2n) is 9.04. The van der Waals surface area contributed by atoms with E-state index in [9.17, 15) is 39.3 Å². The lowest BCUT2D eigenvalue weighted by atomic mass is 10.0. The molecule has 0 radical (unpaired) electrons. The molecule has 13 heteroatoms. The molecule has 5 rings (SSSR count). The summed E-state index contributed by atoms with van der Waals surface area (Å²) in [5.74, 6) is -2.99. The number of amides is 4. The maximum Gasteiger partial charge on any atom is 0.335 e. The van der Waals surface area contributed by atoms with Crippen LogP contribution in [0.3, 0.4) is 0 Å². The van der Waals surface area contributed by atoms with Crippen molar-refractivity contribution in [1.82, 2.24) is 19.9 Å².